The van der Waals surface area contributed by atoms with Gasteiger partial charge in [-0.05, 0) is 40.9 Å². The largest absolute Gasteiger partial charge is 0.308 e. The zero-order chi connectivity index (χ0) is 13.5. The Hall–Kier alpha value is -1.87. The van der Waals surface area contributed by atoms with Gasteiger partial charge in [0.1, 0.15) is 0 Å². The van der Waals surface area contributed by atoms with Crippen LogP contribution in [0.5, 0.6) is 0 Å². The summed E-state index contributed by atoms with van der Waals surface area (Å²) >= 11 is 3.64. The monoisotopic (exact) mass is 324 g/mol. The molecule has 98 valence electrons. The number of rotatable bonds is 1. The zero-order valence-corrected chi connectivity index (χ0v) is 12.5. The molecule has 0 N–H and O–H groups in total. The number of hydrogen-bond donors (Lipinski definition) is 0. The first-order chi connectivity index (χ1) is 9.86. The number of fused-ring (bicyclic) bond motifs is 3. The van der Waals surface area contributed by atoms with Crippen molar-refractivity contribution in [3.05, 3.63) is 59.4 Å². The van der Waals surface area contributed by atoms with Crippen molar-refractivity contribution in [2.24, 2.45) is 0 Å². The van der Waals surface area contributed by atoms with Gasteiger partial charge in [-0.2, -0.15) is 0 Å². The standard InChI is InChI=1S/C17H13BrN2/c18-14-10-19-11-16-17(14)13-8-4-5-9-15(13)20(16)12-6-2-1-3-7-12/h2,4-11H,1,3H2. The lowest BCUT2D eigenvalue weighted by atomic mass is 10.1. The second-order valence-corrected chi connectivity index (χ2v) is 5.83. The highest BCUT2D eigenvalue weighted by atomic mass is 79.9. The molecular formula is C17H13BrN2. The molecule has 2 aromatic heterocycles. The molecule has 0 aliphatic heterocycles. The molecule has 0 unspecified atom stereocenters. The third-order valence-corrected chi connectivity index (χ3v) is 4.37. The Morgan fingerprint density at radius 2 is 1.95 bits per heavy atom. The molecular weight excluding hydrogens is 312 g/mol. The minimum atomic E-state index is 1.05. The fourth-order valence-electron chi connectivity index (χ4n) is 2.91. The second-order valence-electron chi connectivity index (χ2n) is 4.98. The zero-order valence-electron chi connectivity index (χ0n) is 10.9. The van der Waals surface area contributed by atoms with Crippen molar-refractivity contribution in [2.75, 3.05) is 0 Å². The van der Waals surface area contributed by atoms with Crippen LogP contribution in [0.4, 0.5) is 0 Å². The van der Waals surface area contributed by atoms with Crippen molar-refractivity contribution in [2.45, 2.75) is 12.8 Å². The molecule has 0 amide bonds. The summed E-state index contributed by atoms with van der Waals surface area (Å²) in [6.07, 6.45) is 12.8. The quantitative estimate of drug-likeness (QED) is 0.605. The van der Waals surface area contributed by atoms with Crippen LogP contribution in [-0.4, -0.2) is 9.55 Å². The van der Waals surface area contributed by atoms with E-state index in [9.17, 15) is 0 Å². The van der Waals surface area contributed by atoms with E-state index in [0.29, 0.717) is 0 Å². The lowest BCUT2D eigenvalue weighted by Gasteiger charge is -2.11. The van der Waals surface area contributed by atoms with Crippen LogP contribution in [0.15, 0.2) is 59.4 Å². The average molecular weight is 325 g/mol. The molecule has 0 fully saturated rings. The van der Waals surface area contributed by atoms with Crippen LogP contribution in [0.3, 0.4) is 0 Å². The number of halogens is 1. The molecule has 0 radical (unpaired) electrons. The van der Waals surface area contributed by atoms with Crippen LogP contribution in [0.2, 0.25) is 0 Å². The molecule has 3 heteroatoms. The van der Waals surface area contributed by atoms with Gasteiger partial charge in [0, 0.05) is 27.1 Å². The van der Waals surface area contributed by atoms with E-state index in [1.807, 2.05) is 12.4 Å². The van der Waals surface area contributed by atoms with Crippen molar-refractivity contribution >= 4 is 43.4 Å². The number of allylic oxidation sites excluding steroid dienone is 4. The first-order valence-corrected chi connectivity index (χ1v) is 7.55. The molecule has 1 aliphatic carbocycles. The number of para-hydroxylation sites is 1. The summed E-state index contributed by atoms with van der Waals surface area (Å²) in [6, 6.07) is 8.52. The van der Waals surface area contributed by atoms with Crippen molar-refractivity contribution in [1.82, 2.24) is 9.55 Å². The maximum Gasteiger partial charge on any atom is 0.0735 e. The number of pyridine rings is 1. The molecule has 2 nitrogen and oxygen atoms in total. The molecule has 2 heterocycles. The molecule has 0 saturated carbocycles. The van der Waals surface area contributed by atoms with E-state index >= 15 is 0 Å². The highest BCUT2D eigenvalue weighted by Gasteiger charge is 2.15. The van der Waals surface area contributed by atoms with Gasteiger partial charge < -0.3 is 4.57 Å². The van der Waals surface area contributed by atoms with Crippen molar-refractivity contribution in [1.29, 1.82) is 0 Å². The van der Waals surface area contributed by atoms with E-state index < -0.39 is 0 Å². The topological polar surface area (TPSA) is 17.8 Å². The van der Waals surface area contributed by atoms with E-state index in [0.717, 1.165) is 22.8 Å². The van der Waals surface area contributed by atoms with Gasteiger partial charge in [-0.25, -0.2) is 0 Å². The molecule has 3 aromatic rings. The van der Waals surface area contributed by atoms with Crippen LogP contribution in [0.1, 0.15) is 12.8 Å². The smallest absolute Gasteiger partial charge is 0.0735 e. The minimum Gasteiger partial charge on any atom is -0.308 e. The molecule has 0 saturated heterocycles. The Morgan fingerprint density at radius 1 is 1.05 bits per heavy atom. The highest BCUT2D eigenvalue weighted by molar-refractivity contribution is 9.10. The molecule has 0 spiro atoms. The highest BCUT2D eigenvalue weighted by Crippen LogP contribution is 2.36. The number of hydrogen-bond acceptors (Lipinski definition) is 1. The predicted octanol–water partition coefficient (Wildman–Crippen LogP) is 5.14. The Morgan fingerprint density at radius 3 is 2.80 bits per heavy atom. The van der Waals surface area contributed by atoms with Crippen molar-refractivity contribution in [3.8, 4) is 0 Å². The Labute approximate surface area is 125 Å². The van der Waals surface area contributed by atoms with Gasteiger partial charge in [0.25, 0.3) is 0 Å². The molecule has 20 heavy (non-hydrogen) atoms. The number of benzene rings is 1. The van der Waals surface area contributed by atoms with Crippen LogP contribution in [0, 0.1) is 0 Å². The van der Waals surface area contributed by atoms with Crippen molar-refractivity contribution < 1.29 is 0 Å². The summed E-state index contributed by atoms with van der Waals surface area (Å²) in [4.78, 5) is 4.34. The third-order valence-electron chi connectivity index (χ3n) is 3.77. The maximum absolute atomic E-state index is 4.34. The van der Waals surface area contributed by atoms with Gasteiger partial charge in [0.15, 0.2) is 0 Å². The van der Waals surface area contributed by atoms with Gasteiger partial charge in [0.2, 0.25) is 0 Å². The van der Waals surface area contributed by atoms with Gasteiger partial charge in [-0.15, -0.1) is 0 Å². The maximum atomic E-state index is 4.34. The summed E-state index contributed by atoms with van der Waals surface area (Å²) in [5.41, 5.74) is 3.62. The van der Waals surface area contributed by atoms with E-state index in [2.05, 4.69) is 68.0 Å². The SMILES string of the molecule is Brc1cncc2c1c1ccccc1n2C1=CCCC=C1. The second kappa shape index (κ2) is 4.60. The summed E-state index contributed by atoms with van der Waals surface area (Å²) < 4.78 is 3.35. The lowest BCUT2D eigenvalue weighted by molar-refractivity contribution is 1.02. The summed E-state index contributed by atoms with van der Waals surface area (Å²) in [6.45, 7) is 0. The lowest BCUT2D eigenvalue weighted by Crippen LogP contribution is -1.97. The van der Waals surface area contributed by atoms with Crippen LogP contribution in [-0.2, 0) is 0 Å². The number of aromatic nitrogens is 2. The Kier molecular flexibility index (Phi) is 2.74. The summed E-state index contributed by atoms with van der Waals surface area (Å²) in [7, 11) is 0. The predicted molar refractivity (Wildman–Crippen MR) is 87.6 cm³/mol. The fourth-order valence-corrected chi connectivity index (χ4v) is 3.45. The van der Waals surface area contributed by atoms with Gasteiger partial charge in [0.05, 0.1) is 17.2 Å². The van der Waals surface area contributed by atoms with Gasteiger partial charge >= 0.3 is 0 Å². The first-order valence-electron chi connectivity index (χ1n) is 6.76. The Balaban J connectivity index is 2.19. The molecule has 0 bridgehead atoms. The molecule has 1 aliphatic rings. The molecule has 0 atom stereocenters. The van der Waals surface area contributed by atoms with Crippen LogP contribution >= 0.6 is 15.9 Å². The third kappa shape index (κ3) is 1.66. The number of nitrogens with zero attached hydrogens (tertiary/aromatic N) is 2. The minimum absolute atomic E-state index is 1.05. The first kappa shape index (κ1) is 11.9. The Bertz CT molecular complexity index is 871. The van der Waals surface area contributed by atoms with E-state index in [1.165, 1.54) is 22.0 Å². The van der Waals surface area contributed by atoms with Crippen molar-refractivity contribution in [3.63, 3.8) is 0 Å². The van der Waals surface area contributed by atoms with Gasteiger partial charge in [-0.3, -0.25) is 4.98 Å². The average Bonchev–Trinajstić information content (AvgIpc) is 2.84. The fraction of sp³-hybridized carbons (Fsp3) is 0.118. The van der Waals surface area contributed by atoms with E-state index in [-0.39, 0.29) is 0 Å². The normalized spacial score (nSPS) is 14.9. The molecule has 4 rings (SSSR count). The van der Waals surface area contributed by atoms with E-state index in [4.69, 9.17) is 0 Å². The van der Waals surface area contributed by atoms with Gasteiger partial charge in [-0.1, -0.05) is 30.4 Å². The molecule has 1 aromatic carbocycles. The van der Waals surface area contributed by atoms with Crippen LogP contribution < -0.4 is 0 Å². The van der Waals surface area contributed by atoms with Crippen LogP contribution in [0.25, 0.3) is 27.5 Å². The van der Waals surface area contributed by atoms with E-state index in [1.54, 1.807) is 0 Å². The summed E-state index contributed by atoms with van der Waals surface area (Å²) in [5, 5.41) is 2.49. The summed E-state index contributed by atoms with van der Waals surface area (Å²) in [5.74, 6) is 0.